The van der Waals surface area contributed by atoms with E-state index in [0.717, 1.165) is 5.56 Å². The molecule has 1 aliphatic rings. The number of hydrogen-bond donors (Lipinski definition) is 0. The van der Waals surface area contributed by atoms with Crippen LogP contribution in [0, 0.1) is 0 Å². The largest absolute Gasteiger partial charge is 0.445 e. The number of benzene rings is 1. The van der Waals surface area contributed by atoms with Gasteiger partial charge in [0, 0.05) is 11.5 Å². The van der Waals surface area contributed by atoms with Gasteiger partial charge in [-0.05, 0) is 42.6 Å². The predicted octanol–water partition coefficient (Wildman–Crippen LogP) is 5.49. The first-order valence-electron chi connectivity index (χ1n) is 9.74. The molecule has 0 spiro atoms. The van der Waals surface area contributed by atoms with Gasteiger partial charge in [0.2, 0.25) is 0 Å². The third-order valence-electron chi connectivity index (χ3n) is 5.85. The van der Waals surface area contributed by atoms with E-state index in [1.807, 2.05) is 37.3 Å². The molecule has 1 fully saturated rings. The van der Waals surface area contributed by atoms with Crippen molar-refractivity contribution in [2.24, 2.45) is 5.11 Å². The molecule has 0 unspecified atom stereocenters. The summed E-state index contributed by atoms with van der Waals surface area (Å²) in [7, 11) is -2.04. The number of rotatable bonds is 5. The second kappa shape index (κ2) is 8.98. The van der Waals surface area contributed by atoms with E-state index in [1.54, 1.807) is 4.90 Å². The number of amides is 1. The van der Waals surface area contributed by atoms with Crippen LogP contribution in [0.1, 0.15) is 39.7 Å². The summed E-state index contributed by atoms with van der Waals surface area (Å²) in [5.74, 6) is 0. The number of carbonyl (C=O) groups is 1. The quantitative estimate of drug-likeness (QED) is 0.281. The summed E-state index contributed by atoms with van der Waals surface area (Å²) < 4.78 is 12.1. The van der Waals surface area contributed by atoms with Crippen molar-refractivity contribution in [1.29, 1.82) is 0 Å². The number of carbonyl (C=O) groups excluding carboxylic acids is 1. The van der Waals surface area contributed by atoms with Crippen molar-refractivity contribution in [3.05, 3.63) is 46.3 Å². The summed E-state index contributed by atoms with van der Waals surface area (Å²) in [5.41, 5.74) is 9.83. The van der Waals surface area contributed by atoms with E-state index in [-0.39, 0.29) is 29.8 Å². The van der Waals surface area contributed by atoms with E-state index in [9.17, 15) is 4.79 Å². The van der Waals surface area contributed by atoms with E-state index in [4.69, 9.17) is 14.7 Å². The summed E-state index contributed by atoms with van der Waals surface area (Å²) in [6.45, 7) is 13.5. The normalized spacial score (nSPS) is 23.1. The fraction of sp³-hybridized carbons (Fsp3) is 0.650. The number of ether oxygens (including phenoxy) is 1. The molecule has 1 aromatic carbocycles. The van der Waals surface area contributed by atoms with E-state index < -0.39 is 14.4 Å². The Labute approximate surface area is 168 Å². The Kier molecular flexibility index (Phi) is 7.15. The number of hydrogen-bond acceptors (Lipinski definition) is 4. The standard InChI is InChI=1S/C20H32N4O3Si/c1-15-18(27-28(5,6)20(2,3)4)12-17(22-23-21)13-24(15)19(25)26-14-16-10-8-7-9-11-16/h7-11,15,17-18H,12-14H2,1-6H3/t15-,17+,18-/m0/s1. The lowest BCUT2D eigenvalue weighted by molar-refractivity contribution is 0.00931. The van der Waals surface area contributed by atoms with Crippen LogP contribution in [0.15, 0.2) is 35.4 Å². The minimum Gasteiger partial charge on any atom is -0.445 e. The highest BCUT2D eigenvalue weighted by atomic mass is 28.4. The molecule has 0 N–H and O–H groups in total. The average Bonchev–Trinajstić information content (AvgIpc) is 2.62. The monoisotopic (exact) mass is 404 g/mol. The molecule has 2 rings (SSSR count). The Morgan fingerprint density at radius 3 is 2.54 bits per heavy atom. The first kappa shape index (κ1) is 22.3. The number of likely N-dealkylation sites (tertiary alicyclic amines) is 1. The molecular weight excluding hydrogens is 372 g/mol. The molecule has 1 amide bonds. The van der Waals surface area contributed by atoms with Gasteiger partial charge in [0.05, 0.1) is 18.2 Å². The van der Waals surface area contributed by atoms with Crippen LogP contribution < -0.4 is 0 Å². The van der Waals surface area contributed by atoms with Crippen molar-refractivity contribution < 1.29 is 14.0 Å². The zero-order valence-corrected chi connectivity index (χ0v) is 18.8. The van der Waals surface area contributed by atoms with E-state index in [0.29, 0.717) is 13.0 Å². The Hall–Kier alpha value is -2.02. The third-order valence-corrected chi connectivity index (χ3v) is 10.4. The highest BCUT2D eigenvalue weighted by Gasteiger charge is 2.44. The van der Waals surface area contributed by atoms with Crippen LogP contribution in [-0.2, 0) is 15.8 Å². The summed E-state index contributed by atoms with van der Waals surface area (Å²) >= 11 is 0. The van der Waals surface area contributed by atoms with Gasteiger partial charge in [-0.15, -0.1) is 0 Å². The Morgan fingerprint density at radius 2 is 1.96 bits per heavy atom. The summed E-state index contributed by atoms with van der Waals surface area (Å²) in [4.78, 5) is 17.4. The molecule has 8 heteroatoms. The zero-order chi connectivity index (χ0) is 20.9. The van der Waals surface area contributed by atoms with Crippen molar-refractivity contribution in [2.45, 2.75) is 77.0 Å². The van der Waals surface area contributed by atoms with Gasteiger partial charge in [-0.25, -0.2) is 4.79 Å². The van der Waals surface area contributed by atoms with Gasteiger partial charge in [-0.1, -0.05) is 56.2 Å². The van der Waals surface area contributed by atoms with Gasteiger partial charge in [0.1, 0.15) is 6.61 Å². The maximum absolute atomic E-state index is 12.8. The van der Waals surface area contributed by atoms with Crippen molar-refractivity contribution >= 4 is 14.4 Å². The number of azide groups is 1. The minimum atomic E-state index is -2.04. The fourth-order valence-electron chi connectivity index (χ4n) is 3.04. The lowest BCUT2D eigenvalue weighted by atomic mass is 9.97. The summed E-state index contributed by atoms with van der Waals surface area (Å²) in [6.07, 6.45) is 0.0210. The van der Waals surface area contributed by atoms with Crippen LogP contribution in [0.3, 0.4) is 0 Å². The van der Waals surface area contributed by atoms with Crippen LogP contribution >= 0.6 is 0 Å². The van der Waals surface area contributed by atoms with Crippen LogP contribution in [-0.4, -0.2) is 44.0 Å². The summed E-state index contributed by atoms with van der Waals surface area (Å²) in [5, 5.41) is 3.93. The van der Waals surface area contributed by atoms with Crippen molar-refractivity contribution in [2.75, 3.05) is 6.54 Å². The predicted molar refractivity (Wildman–Crippen MR) is 112 cm³/mol. The van der Waals surface area contributed by atoms with Crippen LogP contribution in [0.5, 0.6) is 0 Å². The van der Waals surface area contributed by atoms with Gasteiger partial charge in [-0.2, -0.15) is 0 Å². The molecule has 0 radical (unpaired) electrons. The highest BCUT2D eigenvalue weighted by Crippen LogP contribution is 2.39. The molecule has 1 aromatic rings. The van der Waals surface area contributed by atoms with Crippen LogP contribution in [0.25, 0.3) is 10.4 Å². The zero-order valence-electron chi connectivity index (χ0n) is 17.8. The average molecular weight is 405 g/mol. The Morgan fingerprint density at radius 1 is 1.32 bits per heavy atom. The lowest BCUT2D eigenvalue weighted by Gasteiger charge is -2.46. The highest BCUT2D eigenvalue weighted by molar-refractivity contribution is 6.74. The molecular formula is C20H32N4O3Si. The SMILES string of the molecule is C[C@H]1[C@@H](O[Si](C)(C)C(C)(C)C)C[C@@H](N=[N+]=[N-])CN1C(=O)OCc1ccccc1. The first-order valence-corrected chi connectivity index (χ1v) is 12.7. The molecule has 1 aliphatic heterocycles. The van der Waals surface area contributed by atoms with Crippen LogP contribution in [0.4, 0.5) is 4.79 Å². The molecule has 154 valence electrons. The minimum absolute atomic E-state index is 0.0524. The van der Waals surface area contributed by atoms with Crippen LogP contribution in [0.2, 0.25) is 18.1 Å². The molecule has 1 heterocycles. The molecule has 0 bridgehead atoms. The molecule has 28 heavy (non-hydrogen) atoms. The molecule has 1 saturated heterocycles. The maximum Gasteiger partial charge on any atom is 0.410 e. The second-order valence-electron chi connectivity index (χ2n) is 8.94. The van der Waals surface area contributed by atoms with E-state index in [2.05, 4.69) is 43.9 Å². The van der Waals surface area contributed by atoms with Gasteiger partial charge in [0.25, 0.3) is 0 Å². The molecule has 0 aromatic heterocycles. The Balaban J connectivity index is 2.13. The molecule has 7 nitrogen and oxygen atoms in total. The van der Waals surface area contributed by atoms with E-state index >= 15 is 0 Å². The van der Waals surface area contributed by atoms with Gasteiger partial charge in [0.15, 0.2) is 8.32 Å². The molecule has 0 aliphatic carbocycles. The lowest BCUT2D eigenvalue weighted by Crippen LogP contribution is -2.58. The second-order valence-corrected chi connectivity index (χ2v) is 13.7. The van der Waals surface area contributed by atoms with Crippen molar-refractivity contribution in [1.82, 2.24) is 4.90 Å². The van der Waals surface area contributed by atoms with Crippen molar-refractivity contribution in [3.63, 3.8) is 0 Å². The smallest absolute Gasteiger partial charge is 0.410 e. The number of nitrogens with zero attached hydrogens (tertiary/aromatic N) is 4. The molecule has 3 atom stereocenters. The van der Waals surface area contributed by atoms with E-state index in [1.165, 1.54) is 0 Å². The first-order chi connectivity index (χ1) is 13.0. The Bertz CT molecular complexity index is 714. The molecule has 0 saturated carbocycles. The maximum atomic E-state index is 12.8. The van der Waals surface area contributed by atoms with Gasteiger partial charge >= 0.3 is 6.09 Å². The topological polar surface area (TPSA) is 87.5 Å². The summed E-state index contributed by atoms with van der Waals surface area (Å²) in [6, 6.07) is 9.10. The number of piperidine rings is 1. The van der Waals surface area contributed by atoms with Crippen molar-refractivity contribution in [3.8, 4) is 0 Å². The fourth-order valence-corrected chi connectivity index (χ4v) is 4.44. The third kappa shape index (κ3) is 5.50. The van der Waals surface area contributed by atoms with Gasteiger partial charge < -0.3 is 14.1 Å². The van der Waals surface area contributed by atoms with Gasteiger partial charge in [-0.3, -0.25) is 0 Å².